The van der Waals surface area contributed by atoms with Gasteiger partial charge in [0.1, 0.15) is 6.61 Å². The number of halogens is 4. The van der Waals surface area contributed by atoms with Gasteiger partial charge in [-0.3, -0.25) is 0 Å². The monoisotopic (exact) mass is 299 g/mol. The molecule has 1 aliphatic carbocycles. The Morgan fingerprint density at radius 2 is 2.00 bits per heavy atom. The molecule has 0 amide bonds. The van der Waals surface area contributed by atoms with Crippen LogP contribution >= 0.6 is 0 Å². The van der Waals surface area contributed by atoms with E-state index in [1.165, 1.54) is 6.42 Å². The van der Waals surface area contributed by atoms with Gasteiger partial charge in [-0.15, -0.1) is 0 Å². The van der Waals surface area contributed by atoms with Gasteiger partial charge in [0.25, 0.3) is 0 Å². The van der Waals surface area contributed by atoms with Crippen molar-refractivity contribution in [3.05, 3.63) is 0 Å². The van der Waals surface area contributed by atoms with Crippen LogP contribution in [0.4, 0.5) is 17.6 Å². The van der Waals surface area contributed by atoms with E-state index < -0.39 is 19.0 Å². The smallest absolute Gasteiger partial charge is 0.330 e. The SMILES string of the molecule is CCC1CCCC(C(COCC(F)(F)C(F)F)NC)C1. The van der Waals surface area contributed by atoms with Gasteiger partial charge in [-0.25, -0.2) is 8.78 Å². The molecule has 0 saturated heterocycles. The molecule has 0 aromatic rings. The topological polar surface area (TPSA) is 21.3 Å². The molecule has 0 spiro atoms. The lowest BCUT2D eigenvalue weighted by atomic mass is 9.77. The third-order valence-electron chi connectivity index (χ3n) is 4.25. The van der Waals surface area contributed by atoms with Gasteiger partial charge in [-0.1, -0.05) is 26.2 Å². The standard InChI is InChI=1S/C14H25F4NO/c1-3-10-5-4-6-11(7-10)12(19-2)8-20-9-14(17,18)13(15)16/h10-13,19H,3-9H2,1-2H3. The van der Waals surface area contributed by atoms with E-state index in [4.69, 9.17) is 4.74 Å². The van der Waals surface area contributed by atoms with Gasteiger partial charge in [0, 0.05) is 6.04 Å². The van der Waals surface area contributed by atoms with Crippen LogP contribution in [0.5, 0.6) is 0 Å². The van der Waals surface area contributed by atoms with Gasteiger partial charge in [0.15, 0.2) is 0 Å². The first kappa shape index (κ1) is 17.7. The molecular formula is C14H25F4NO. The molecule has 1 saturated carbocycles. The summed E-state index contributed by atoms with van der Waals surface area (Å²) in [6, 6.07) is -0.0437. The highest BCUT2D eigenvalue weighted by Gasteiger charge is 2.41. The summed E-state index contributed by atoms with van der Waals surface area (Å²) in [6.45, 7) is 0.994. The molecule has 0 heterocycles. The second-order valence-electron chi connectivity index (χ2n) is 5.67. The van der Waals surface area contributed by atoms with Crippen LogP contribution in [0.3, 0.4) is 0 Å². The molecular weight excluding hydrogens is 274 g/mol. The fourth-order valence-electron chi connectivity index (χ4n) is 2.91. The first-order chi connectivity index (χ1) is 9.40. The van der Waals surface area contributed by atoms with Gasteiger partial charge in [-0.05, 0) is 31.7 Å². The normalized spacial score (nSPS) is 25.9. The quantitative estimate of drug-likeness (QED) is 0.690. The van der Waals surface area contributed by atoms with E-state index >= 15 is 0 Å². The Morgan fingerprint density at radius 3 is 2.55 bits per heavy atom. The van der Waals surface area contributed by atoms with Crippen LogP contribution in [0.15, 0.2) is 0 Å². The summed E-state index contributed by atoms with van der Waals surface area (Å²) < 4.78 is 54.4. The van der Waals surface area contributed by atoms with Crippen LogP contribution in [-0.4, -0.2) is 38.7 Å². The summed E-state index contributed by atoms with van der Waals surface area (Å²) in [5.41, 5.74) is 0. The Bertz CT molecular complexity index is 276. The summed E-state index contributed by atoms with van der Waals surface area (Å²) in [6.07, 6.45) is 1.89. The van der Waals surface area contributed by atoms with E-state index in [1.54, 1.807) is 7.05 Å². The van der Waals surface area contributed by atoms with Crippen LogP contribution in [-0.2, 0) is 4.74 Å². The molecule has 6 heteroatoms. The van der Waals surface area contributed by atoms with Crippen LogP contribution in [0.25, 0.3) is 0 Å². The van der Waals surface area contributed by atoms with Crippen molar-refractivity contribution in [3.8, 4) is 0 Å². The minimum absolute atomic E-state index is 0.0437. The molecule has 0 radical (unpaired) electrons. The van der Waals surface area contributed by atoms with Gasteiger partial charge in [0.05, 0.1) is 6.61 Å². The van der Waals surface area contributed by atoms with Crippen LogP contribution < -0.4 is 5.32 Å². The zero-order chi connectivity index (χ0) is 15.2. The lowest BCUT2D eigenvalue weighted by Crippen LogP contribution is -2.42. The highest BCUT2D eigenvalue weighted by Crippen LogP contribution is 2.33. The lowest BCUT2D eigenvalue weighted by Gasteiger charge is -2.34. The Labute approximate surface area is 118 Å². The summed E-state index contributed by atoms with van der Waals surface area (Å²) in [5.74, 6) is -3.01. The molecule has 1 fully saturated rings. The van der Waals surface area contributed by atoms with E-state index in [2.05, 4.69) is 12.2 Å². The number of alkyl halides is 4. The minimum atomic E-state index is -4.06. The average molecular weight is 299 g/mol. The number of hydrogen-bond acceptors (Lipinski definition) is 2. The molecule has 0 bridgehead atoms. The second-order valence-corrected chi connectivity index (χ2v) is 5.67. The fourth-order valence-corrected chi connectivity index (χ4v) is 2.91. The van der Waals surface area contributed by atoms with E-state index in [-0.39, 0.29) is 12.6 Å². The third kappa shape index (κ3) is 5.20. The highest BCUT2D eigenvalue weighted by molar-refractivity contribution is 4.82. The first-order valence-corrected chi connectivity index (χ1v) is 7.31. The Hall–Kier alpha value is -0.360. The summed E-state index contributed by atoms with van der Waals surface area (Å²) in [5, 5.41) is 3.07. The van der Waals surface area contributed by atoms with Crippen molar-refractivity contribution in [2.75, 3.05) is 20.3 Å². The Balaban J connectivity index is 2.39. The number of rotatable bonds is 8. The number of nitrogens with one attached hydrogen (secondary N) is 1. The van der Waals surface area contributed by atoms with Gasteiger partial charge < -0.3 is 10.1 Å². The summed E-state index contributed by atoms with van der Waals surface area (Å²) in [4.78, 5) is 0. The molecule has 1 aliphatic rings. The molecule has 120 valence electrons. The molecule has 3 atom stereocenters. The third-order valence-corrected chi connectivity index (χ3v) is 4.25. The van der Waals surface area contributed by atoms with Gasteiger partial charge in [0.2, 0.25) is 0 Å². The van der Waals surface area contributed by atoms with Crippen molar-refractivity contribution >= 4 is 0 Å². The number of hydrogen-bond donors (Lipinski definition) is 1. The van der Waals surface area contributed by atoms with Crippen molar-refractivity contribution in [2.45, 2.75) is 57.4 Å². The zero-order valence-corrected chi connectivity index (χ0v) is 12.2. The predicted molar refractivity (Wildman–Crippen MR) is 70.4 cm³/mol. The van der Waals surface area contributed by atoms with E-state index in [9.17, 15) is 17.6 Å². The predicted octanol–water partition coefficient (Wildman–Crippen LogP) is 3.71. The largest absolute Gasteiger partial charge is 0.373 e. The Kier molecular flexibility index (Phi) is 7.23. The van der Waals surface area contributed by atoms with Crippen molar-refractivity contribution < 1.29 is 22.3 Å². The molecule has 0 aromatic heterocycles. The second kappa shape index (κ2) is 8.17. The van der Waals surface area contributed by atoms with Crippen molar-refractivity contribution in [2.24, 2.45) is 11.8 Å². The molecule has 2 nitrogen and oxygen atoms in total. The molecule has 1 rings (SSSR count). The molecule has 0 aliphatic heterocycles. The minimum Gasteiger partial charge on any atom is -0.373 e. The maximum absolute atomic E-state index is 12.8. The molecule has 1 N–H and O–H groups in total. The lowest BCUT2D eigenvalue weighted by molar-refractivity contribution is -0.167. The van der Waals surface area contributed by atoms with Crippen LogP contribution in [0, 0.1) is 11.8 Å². The maximum atomic E-state index is 12.8. The van der Waals surface area contributed by atoms with E-state index in [1.807, 2.05) is 0 Å². The Morgan fingerprint density at radius 1 is 1.30 bits per heavy atom. The van der Waals surface area contributed by atoms with Crippen molar-refractivity contribution in [1.29, 1.82) is 0 Å². The van der Waals surface area contributed by atoms with Crippen LogP contribution in [0.2, 0.25) is 0 Å². The van der Waals surface area contributed by atoms with Crippen LogP contribution in [0.1, 0.15) is 39.0 Å². The van der Waals surface area contributed by atoms with Gasteiger partial charge in [-0.2, -0.15) is 8.78 Å². The first-order valence-electron chi connectivity index (χ1n) is 7.31. The van der Waals surface area contributed by atoms with E-state index in [0.717, 1.165) is 25.7 Å². The highest BCUT2D eigenvalue weighted by atomic mass is 19.3. The van der Waals surface area contributed by atoms with Crippen molar-refractivity contribution in [1.82, 2.24) is 5.32 Å². The number of likely N-dealkylation sites (N-methyl/N-ethyl adjacent to an activating group) is 1. The fraction of sp³-hybridized carbons (Fsp3) is 1.00. The average Bonchev–Trinajstić information content (AvgIpc) is 2.43. The van der Waals surface area contributed by atoms with E-state index in [0.29, 0.717) is 11.8 Å². The molecule has 3 unspecified atom stereocenters. The summed E-state index contributed by atoms with van der Waals surface area (Å²) >= 11 is 0. The zero-order valence-electron chi connectivity index (χ0n) is 12.2. The molecule has 0 aromatic carbocycles. The number of ether oxygens (including phenoxy) is 1. The molecule has 20 heavy (non-hydrogen) atoms. The maximum Gasteiger partial charge on any atom is 0.330 e. The van der Waals surface area contributed by atoms with Crippen molar-refractivity contribution in [3.63, 3.8) is 0 Å². The summed E-state index contributed by atoms with van der Waals surface area (Å²) in [7, 11) is 1.76. The van der Waals surface area contributed by atoms with Gasteiger partial charge >= 0.3 is 12.3 Å².